The van der Waals surface area contributed by atoms with E-state index in [1.54, 1.807) is 0 Å². The molecule has 4 nitrogen and oxygen atoms in total. The number of hydrogen-bond donors (Lipinski definition) is 0. The summed E-state index contributed by atoms with van der Waals surface area (Å²) in [4.78, 5) is 7.87. The van der Waals surface area contributed by atoms with Gasteiger partial charge >= 0.3 is 5.82 Å². The molecule has 2 aromatic heterocycles. The summed E-state index contributed by atoms with van der Waals surface area (Å²) < 4.78 is 4.63. The second-order valence-electron chi connectivity index (χ2n) is 13.1. The first kappa shape index (κ1) is 29.8. The van der Waals surface area contributed by atoms with Gasteiger partial charge in [0.2, 0.25) is 5.52 Å². The third-order valence-corrected chi connectivity index (χ3v) is 9.99. The third kappa shape index (κ3) is 4.92. The van der Waals surface area contributed by atoms with Crippen LogP contribution in [0.1, 0.15) is 0 Å². The van der Waals surface area contributed by atoms with Crippen molar-refractivity contribution in [2.75, 3.05) is 4.90 Å². The van der Waals surface area contributed by atoms with Crippen molar-refractivity contribution < 1.29 is 4.57 Å². The van der Waals surface area contributed by atoms with Gasteiger partial charge in [0.1, 0.15) is 11.9 Å². The maximum atomic E-state index is 5.54. The smallest absolute Gasteiger partial charge is 0.310 e. The van der Waals surface area contributed by atoms with Crippen LogP contribution < -0.4 is 9.47 Å². The molecule has 8 aromatic carbocycles. The Morgan fingerprint density at radius 2 is 1.10 bits per heavy atom. The summed E-state index contributed by atoms with van der Waals surface area (Å²) in [6, 6.07) is 68.8. The molecule has 2 heterocycles. The molecule has 0 bridgehead atoms. The van der Waals surface area contributed by atoms with E-state index in [0.717, 1.165) is 61.8 Å². The van der Waals surface area contributed by atoms with E-state index in [-0.39, 0.29) is 0 Å². The van der Waals surface area contributed by atoms with Crippen molar-refractivity contribution in [1.82, 2.24) is 9.55 Å². The van der Waals surface area contributed by atoms with E-state index < -0.39 is 0 Å². The van der Waals surface area contributed by atoms with Gasteiger partial charge in [-0.15, -0.1) is 0 Å². The zero-order valence-corrected chi connectivity index (χ0v) is 28.3. The van der Waals surface area contributed by atoms with Crippen molar-refractivity contribution in [3.63, 3.8) is 0 Å². The van der Waals surface area contributed by atoms with E-state index in [1.165, 1.54) is 21.5 Å². The number of rotatable bonds is 6. The van der Waals surface area contributed by atoms with Gasteiger partial charge in [-0.05, 0) is 94.6 Å². The van der Waals surface area contributed by atoms with Gasteiger partial charge in [0.25, 0.3) is 0 Å². The van der Waals surface area contributed by atoms with Gasteiger partial charge < -0.3 is 9.47 Å². The molecule has 4 heteroatoms. The number of para-hydroxylation sites is 4. The summed E-state index contributed by atoms with van der Waals surface area (Å²) in [5.41, 5.74) is 9.65. The Labute approximate surface area is 301 Å². The minimum absolute atomic E-state index is 0.887. The highest BCUT2D eigenvalue weighted by Crippen LogP contribution is 2.42. The first-order valence-corrected chi connectivity index (χ1v) is 17.6. The first-order valence-electron chi connectivity index (χ1n) is 17.6. The molecule has 0 saturated heterocycles. The van der Waals surface area contributed by atoms with Crippen molar-refractivity contribution in [2.24, 2.45) is 0 Å². The second kappa shape index (κ2) is 12.4. The first-order chi connectivity index (χ1) is 25.8. The van der Waals surface area contributed by atoms with Crippen LogP contribution in [0.5, 0.6) is 0 Å². The highest BCUT2D eigenvalue weighted by atomic mass is 15.1. The van der Waals surface area contributed by atoms with Crippen molar-refractivity contribution in [3.05, 3.63) is 200 Å². The SMILES string of the molecule is c1ccc(-c2nc3c(-n4c5cc(N(c6ccccc6)c6ccccc6)ccc5c5c6ccccc6ccc54)cccc3c[n+]2-c2ccccc2)cc1. The molecule has 0 unspecified atom stereocenters. The van der Waals surface area contributed by atoms with Crippen LogP contribution >= 0.6 is 0 Å². The van der Waals surface area contributed by atoms with Crippen molar-refractivity contribution in [3.8, 4) is 22.8 Å². The largest absolute Gasteiger partial charge is 0.336 e. The van der Waals surface area contributed by atoms with E-state index in [2.05, 4.69) is 214 Å². The Balaban J connectivity index is 1.30. The summed E-state index contributed by atoms with van der Waals surface area (Å²) in [5.74, 6) is 0.887. The predicted octanol–water partition coefficient (Wildman–Crippen LogP) is 11.9. The monoisotopic (exact) mass is 665 g/mol. The van der Waals surface area contributed by atoms with Gasteiger partial charge in [0.05, 0.1) is 27.7 Å². The van der Waals surface area contributed by atoms with Crippen LogP contribution in [0.4, 0.5) is 17.1 Å². The molecule has 0 aliphatic carbocycles. The lowest BCUT2D eigenvalue weighted by molar-refractivity contribution is -0.585. The second-order valence-corrected chi connectivity index (χ2v) is 13.1. The van der Waals surface area contributed by atoms with Gasteiger partial charge in [-0.25, -0.2) is 0 Å². The quantitative estimate of drug-likeness (QED) is 0.165. The van der Waals surface area contributed by atoms with Crippen LogP contribution in [0.3, 0.4) is 0 Å². The summed E-state index contributed by atoms with van der Waals surface area (Å²) in [6.07, 6.45) is 2.23. The molecule has 10 rings (SSSR count). The van der Waals surface area contributed by atoms with Gasteiger partial charge in [0, 0.05) is 27.8 Å². The fourth-order valence-electron chi connectivity index (χ4n) is 7.67. The number of anilines is 3. The molecule has 0 fully saturated rings. The van der Waals surface area contributed by atoms with Crippen LogP contribution in [0, 0.1) is 0 Å². The van der Waals surface area contributed by atoms with Gasteiger partial charge in [-0.3, -0.25) is 0 Å². The minimum atomic E-state index is 0.887. The normalized spacial score (nSPS) is 11.5. The summed E-state index contributed by atoms with van der Waals surface area (Å²) in [7, 11) is 0. The maximum absolute atomic E-state index is 5.54. The van der Waals surface area contributed by atoms with Crippen LogP contribution in [0.2, 0.25) is 0 Å². The van der Waals surface area contributed by atoms with Crippen LogP contribution in [-0.4, -0.2) is 9.55 Å². The van der Waals surface area contributed by atoms with Gasteiger partial charge in [-0.2, -0.15) is 4.57 Å². The number of aromatic nitrogens is 3. The van der Waals surface area contributed by atoms with Crippen LogP contribution in [0.25, 0.3) is 66.2 Å². The molecule has 0 amide bonds. The molecule has 10 aromatic rings. The summed E-state index contributed by atoms with van der Waals surface area (Å²) in [6.45, 7) is 0. The molecular weight excluding hydrogens is 633 g/mol. The molecule has 0 N–H and O–H groups in total. The van der Waals surface area contributed by atoms with Gasteiger partial charge in [0.15, 0.2) is 0 Å². The zero-order chi connectivity index (χ0) is 34.4. The van der Waals surface area contributed by atoms with Crippen molar-refractivity contribution in [2.45, 2.75) is 0 Å². The van der Waals surface area contributed by atoms with Crippen LogP contribution in [0.15, 0.2) is 200 Å². The van der Waals surface area contributed by atoms with E-state index in [1.807, 2.05) is 0 Å². The minimum Gasteiger partial charge on any atom is -0.310 e. The fourth-order valence-corrected chi connectivity index (χ4v) is 7.67. The van der Waals surface area contributed by atoms with E-state index in [0.29, 0.717) is 0 Å². The standard InChI is InChI=1S/C48H33N4/c1-5-17-35(18-6-1)48-49-47-36(33-50(48)37-20-7-2-8-21-37)19-15-27-44(47)52-43-31-28-34-16-13-14-26-41(34)46(43)42-30-29-40(32-45(42)52)51(38-22-9-3-10-23-38)39-24-11-4-12-25-39/h1-33H/q+1. The Morgan fingerprint density at radius 3 is 1.83 bits per heavy atom. The van der Waals surface area contributed by atoms with Crippen molar-refractivity contribution in [1.29, 1.82) is 0 Å². The Kier molecular flexibility index (Phi) is 7.10. The van der Waals surface area contributed by atoms with Crippen molar-refractivity contribution >= 4 is 60.5 Å². The molecule has 0 spiro atoms. The molecule has 0 aliphatic rings. The number of nitrogens with zero attached hydrogens (tertiary/aromatic N) is 4. The number of hydrogen-bond acceptors (Lipinski definition) is 2. The molecule has 0 aliphatic heterocycles. The average molecular weight is 666 g/mol. The molecule has 52 heavy (non-hydrogen) atoms. The third-order valence-electron chi connectivity index (χ3n) is 9.99. The van der Waals surface area contributed by atoms with E-state index >= 15 is 0 Å². The fraction of sp³-hybridized carbons (Fsp3) is 0. The summed E-state index contributed by atoms with van der Waals surface area (Å²) >= 11 is 0. The summed E-state index contributed by atoms with van der Waals surface area (Å²) in [5, 5.41) is 5.95. The molecular formula is C48H33N4+. The molecule has 0 saturated carbocycles. The molecule has 244 valence electrons. The lowest BCUT2D eigenvalue weighted by atomic mass is 10.0. The maximum Gasteiger partial charge on any atom is 0.336 e. The predicted molar refractivity (Wildman–Crippen MR) is 215 cm³/mol. The molecule has 0 radical (unpaired) electrons. The Bertz CT molecular complexity index is 2840. The average Bonchev–Trinajstić information content (AvgIpc) is 3.55. The zero-order valence-electron chi connectivity index (χ0n) is 28.3. The number of fused-ring (bicyclic) bond motifs is 6. The topological polar surface area (TPSA) is 24.9 Å². The number of benzene rings is 8. The van der Waals surface area contributed by atoms with Gasteiger partial charge in [-0.1, -0.05) is 115 Å². The van der Waals surface area contributed by atoms with Crippen LogP contribution in [-0.2, 0) is 0 Å². The van der Waals surface area contributed by atoms with E-state index in [9.17, 15) is 0 Å². The lowest BCUT2D eigenvalue weighted by Crippen LogP contribution is -2.34. The Morgan fingerprint density at radius 1 is 0.462 bits per heavy atom. The van der Waals surface area contributed by atoms with E-state index in [4.69, 9.17) is 4.98 Å². The highest BCUT2D eigenvalue weighted by molar-refractivity contribution is 6.22. The highest BCUT2D eigenvalue weighted by Gasteiger charge is 2.25. The Hall–Kier alpha value is -7.04. The molecule has 0 atom stereocenters. The lowest BCUT2D eigenvalue weighted by Gasteiger charge is -2.25.